The lowest BCUT2D eigenvalue weighted by Crippen LogP contribution is -2.48. The van der Waals surface area contributed by atoms with Crippen LogP contribution in [0.4, 0.5) is 26.1 Å². The van der Waals surface area contributed by atoms with E-state index in [1.54, 1.807) is 6.20 Å². The van der Waals surface area contributed by atoms with Gasteiger partial charge in [0.25, 0.3) is 0 Å². The third kappa shape index (κ3) is 3.61. The van der Waals surface area contributed by atoms with E-state index < -0.39 is 11.6 Å². The molecule has 3 heterocycles. The number of benzene rings is 2. The average molecular weight is 407 g/mol. The van der Waals surface area contributed by atoms with E-state index in [1.807, 2.05) is 36.0 Å². The second-order valence-electron chi connectivity index (χ2n) is 7.37. The van der Waals surface area contributed by atoms with Crippen LogP contribution in [0.2, 0.25) is 0 Å². The number of anilines is 3. The van der Waals surface area contributed by atoms with Gasteiger partial charge in [-0.25, -0.2) is 13.5 Å². The van der Waals surface area contributed by atoms with Crippen LogP contribution >= 0.6 is 0 Å². The van der Waals surface area contributed by atoms with Crippen molar-refractivity contribution in [2.45, 2.75) is 13.0 Å². The van der Waals surface area contributed by atoms with Gasteiger partial charge in [0, 0.05) is 42.9 Å². The predicted octanol–water partition coefficient (Wildman–Crippen LogP) is 3.86. The molecule has 9 heteroatoms. The van der Waals surface area contributed by atoms with Crippen molar-refractivity contribution < 1.29 is 8.78 Å². The summed E-state index contributed by atoms with van der Waals surface area (Å²) in [6.07, 6.45) is 5.19. The second-order valence-corrected chi connectivity index (χ2v) is 7.37. The van der Waals surface area contributed by atoms with Crippen molar-refractivity contribution in [2.75, 3.05) is 23.3 Å². The molecular formula is C21H19F2N7. The monoisotopic (exact) mass is 407 g/mol. The van der Waals surface area contributed by atoms with Crippen LogP contribution in [-0.4, -0.2) is 37.6 Å². The Morgan fingerprint density at radius 1 is 1.00 bits per heavy atom. The van der Waals surface area contributed by atoms with E-state index in [4.69, 9.17) is 0 Å². The largest absolute Gasteiger partial charge is 0.367 e. The van der Waals surface area contributed by atoms with Gasteiger partial charge in [0.15, 0.2) is 0 Å². The summed E-state index contributed by atoms with van der Waals surface area (Å²) in [6.45, 7) is 3.81. The molecule has 0 aliphatic carbocycles. The molecule has 0 unspecified atom stereocenters. The second kappa shape index (κ2) is 7.25. The van der Waals surface area contributed by atoms with E-state index in [0.29, 0.717) is 12.0 Å². The fourth-order valence-electron chi connectivity index (χ4n) is 3.59. The molecule has 1 N–H and O–H groups in total. The molecule has 1 aliphatic rings. The van der Waals surface area contributed by atoms with E-state index in [1.165, 1.54) is 23.1 Å². The number of hydrogen-bond acceptors (Lipinski definition) is 5. The van der Waals surface area contributed by atoms with Gasteiger partial charge in [-0.2, -0.15) is 10.1 Å². The Balaban J connectivity index is 1.32. The summed E-state index contributed by atoms with van der Waals surface area (Å²) in [4.78, 5) is 6.49. The van der Waals surface area contributed by atoms with Crippen molar-refractivity contribution in [3.63, 3.8) is 0 Å². The Morgan fingerprint density at radius 2 is 1.80 bits per heavy atom. The van der Waals surface area contributed by atoms with Crippen molar-refractivity contribution >= 4 is 17.3 Å². The first kappa shape index (κ1) is 18.3. The minimum Gasteiger partial charge on any atom is -0.367 e. The van der Waals surface area contributed by atoms with E-state index in [9.17, 15) is 8.78 Å². The number of nitrogens with one attached hydrogen (secondary N) is 1. The van der Waals surface area contributed by atoms with Crippen molar-refractivity contribution in [3.05, 3.63) is 78.4 Å². The maximum Gasteiger partial charge on any atom is 0.246 e. The lowest BCUT2D eigenvalue weighted by Gasteiger charge is -2.41. The molecule has 2 aromatic carbocycles. The van der Waals surface area contributed by atoms with Gasteiger partial charge < -0.3 is 10.2 Å². The van der Waals surface area contributed by atoms with Crippen molar-refractivity contribution in [1.29, 1.82) is 0 Å². The van der Waals surface area contributed by atoms with Gasteiger partial charge in [0.2, 0.25) is 5.95 Å². The Bertz CT molecular complexity index is 1160. The zero-order chi connectivity index (χ0) is 20.7. The molecule has 0 radical (unpaired) electrons. The molecule has 7 nitrogen and oxygen atoms in total. The molecule has 0 atom stereocenters. The van der Waals surface area contributed by atoms with Crippen LogP contribution in [0.1, 0.15) is 11.6 Å². The lowest BCUT2D eigenvalue weighted by molar-refractivity contribution is 0.368. The lowest BCUT2D eigenvalue weighted by atomic mass is 10.1. The highest BCUT2D eigenvalue weighted by atomic mass is 19.1. The van der Waals surface area contributed by atoms with Crippen molar-refractivity contribution in [2.24, 2.45) is 0 Å². The van der Waals surface area contributed by atoms with Gasteiger partial charge in [-0.1, -0.05) is 0 Å². The zero-order valence-electron chi connectivity index (χ0n) is 16.2. The number of aryl methyl sites for hydroxylation is 1. The Morgan fingerprint density at radius 3 is 2.53 bits per heavy atom. The highest BCUT2D eigenvalue weighted by molar-refractivity contribution is 5.64. The Labute approximate surface area is 171 Å². The summed E-state index contributed by atoms with van der Waals surface area (Å²) in [5, 5.41) is 11.8. The minimum atomic E-state index is -0.665. The van der Waals surface area contributed by atoms with E-state index >= 15 is 0 Å². The Kier molecular flexibility index (Phi) is 4.42. The topological polar surface area (TPSA) is 63.8 Å². The molecular weight excluding hydrogens is 388 g/mol. The Hall–Kier alpha value is -3.75. The zero-order valence-corrected chi connectivity index (χ0v) is 16.2. The van der Waals surface area contributed by atoms with Gasteiger partial charge in [-0.15, -0.1) is 5.10 Å². The van der Waals surface area contributed by atoms with E-state index in [0.717, 1.165) is 36.1 Å². The van der Waals surface area contributed by atoms with Crippen LogP contribution in [0, 0.1) is 18.6 Å². The van der Waals surface area contributed by atoms with Gasteiger partial charge in [0.1, 0.15) is 18.0 Å². The highest BCUT2D eigenvalue weighted by Crippen LogP contribution is 2.31. The van der Waals surface area contributed by atoms with Gasteiger partial charge in [-0.3, -0.25) is 4.68 Å². The number of rotatable bonds is 5. The molecule has 1 fully saturated rings. The summed E-state index contributed by atoms with van der Waals surface area (Å²) < 4.78 is 30.2. The van der Waals surface area contributed by atoms with E-state index in [-0.39, 0.29) is 5.69 Å². The van der Waals surface area contributed by atoms with Crippen LogP contribution in [-0.2, 0) is 0 Å². The number of hydrogen-bond donors (Lipinski definition) is 1. The smallest absolute Gasteiger partial charge is 0.246 e. The molecule has 2 aromatic heterocycles. The standard InChI is InChI=1S/C21H19F2N7/c1-14-5-17(10-18(6-14)28-11-20(12-28)29-4-2-3-25-29)26-21-24-13-30(27-21)19-8-15(22)7-16(23)9-19/h2-10,13,20H,11-12H2,1H3,(H,26,27). The molecule has 0 saturated carbocycles. The van der Waals surface area contributed by atoms with Crippen molar-refractivity contribution in [1.82, 2.24) is 24.5 Å². The first-order chi connectivity index (χ1) is 14.5. The number of aromatic nitrogens is 5. The summed E-state index contributed by atoms with van der Waals surface area (Å²) in [7, 11) is 0. The third-order valence-corrected chi connectivity index (χ3v) is 5.05. The molecule has 1 aliphatic heterocycles. The van der Waals surface area contributed by atoms with Crippen LogP contribution in [0.3, 0.4) is 0 Å². The van der Waals surface area contributed by atoms with Gasteiger partial charge >= 0.3 is 0 Å². The highest BCUT2D eigenvalue weighted by Gasteiger charge is 2.28. The third-order valence-electron chi connectivity index (χ3n) is 5.05. The molecule has 5 rings (SSSR count). The fourth-order valence-corrected chi connectivity index (χ4v) is 3.59. The average Bonchev–Trinajstić information content (AvgIpc) is 3.31. The molecule has 1 saturated heterocycles. The molecule has 0 spiro atoms. The first-order valence-electron chi connectivity index (χ1n) is 9.54. The first-order valence-corrected chi connectivity index (χ1v) is 9.54. The van der Waals surface area contributed by atoms with Crippen molar-refractivity contribution in [3.8, 4) is 5.69 Å². The van der Waals surface area contributed by atoms with E-state index in [2.05, 4.69) is 31.5 Å². The summed E-state index contributed by atoms with van der Waals surface area (Å²) >= 11 is 0. The quantitative estimate of drug-likeness (QED) is 0.544. The number of nitrogens with zero attached hydrogens (tertiary/aromatic N) is 6. The molecule has 30 heavy (non-hydrogen) atoms. The fraction of sp³-hybridized carbons (Fsp3) is 0.190. The summed E-state index contributed by atoms with van der Waals surface area (Å²) in [5.41, 5.74) is 3.32. The maximum atomic E-state index is 13.5. The molecule has 152 valence electrons. The molecule has 0 bridgehead atoms. The normalized spacial score (nSPS) is 14.0. The molecule has 4 aromatic rings. The number of halogens is 2. The summed E-state index contributed by atoms with van der Waals surface area (Å²) in [6, 6.07) is 11.7. The molecule has 0 amide bonds. The van der Waals surface area contributed by atoms with Crippen LogP contribution in [0.5, 0.6) is 0 Å². The summed E-state index contributed by atoms with van der Waals surface area (Å²) in [5.74, 6) is -0.989. The van der Waals surface area contributed by atoms with Crippen LogP contribution in [0.15, 0.2) is 61.2 Å². The van der Waals surface area contributed by atoms with Crippen LogP contribution < -0.4 is 10.2 Å². The SMILES string of the molecule is Cc1cc(Nc2ncn(-c3cc(F)cc(F)c3)n2)cc(N2CC(n3cccn3)C2)c1. The predicted molar refractivity (Wildman–Crippen MR) is 109 cm³/mol. The maximum absolute atomic E-state index is 13.5. The van der Waals surface area contributed by atoms with Gasteiger partial charge in [0.05, 0.1) is 11.7 Å². The van der Waals surface area contributed by atoms with Gasteiger partial charge in [-0.05, 0) is 48.9 Å². The van der Waals surface area contributed by atoms with Crippen LogP contribution in [0.25, 0.3) is 5.69 Å². The minimum absolute atomic E-state index is 0.267.